The summed E-state index contributed by atoms with van der Waals surface area (Å²) >= 11 is 0. The molecule has 0 spiro atoms. The Bertz CT molecular complexity index is 429. The third-order valence-electron chi connectivity index (χ3n) is 2.27. The first kappa shape index (κ1) is 12.1. The zero-order valence-electron chi connectivity index (χ0n) is 8.84. The maximum atomic E-state index is 10.8. The maximum absolute atomic E-state index is 10.8. The Balaban J connectivity index is 3.30. The van der Waals surface area contributed by atoms with E-state index in [0.717, 1.165) is 6.07 Å². The highest BCUT2D eigenvalue weighted by atomic mass is 16.6. The average molecular weight is 225 g/mol. The Morgan fingerprint density at radius 2 is 2.19 bits per heavy atom. The van der Waals surface area contributed by atoms with Gasteiger partial charge < -0.3 is 9.84 Å². The van der Waals surface area contributed by atoms with Gasteiger partial charge in [0.25, 0.3) is 5.69 Å². The Labute approximate surface area is 91.6 Å². The summed E-state index contributed by atoms with van der Waals surface area (Å²) in [4.78, 5) is 20.8. The molecule has 16 heavy (non-hydrogen) atoms. The molecule has 0 bridgehead atoms. The van der Waals surface area contributed by atoms with E-state index in [4.69, 9.17) is 9.84 Å². The molecule has 86 valence electrons. The lowest BCUT2D eigenvalue weighted by atomic mass is 10.1. The number of ether oxygens (including phenoxy) is 1. The molecule has 1 rings (SSSR count). The van der Waals surface area contributed by atoms with Crippen LogP contribution in [-0.2, 0) is 4.74 Å². The fourth-order valence-corrected chi connectivity index (χ4v) is 1.31. The lowest BCUT2D eigenvalue weighted by Gasteiger charge is -2.10. The van der Waals surface area contributed by atoms with Gasteiger partial charge in [0, 0.05) is 13.2 Å². The minimum atomic E-state index is -1.19. The Hall–Kier alpha value is -1.95. The monoisotopic (exact) mass is 225 g/mol. The van der Waals surface area contributed by atoms with Crippen molar-refractivity contribution in [3.63, 3.8) is 0 Å². The van der Waals surface area contributed by atoms with Crippen LogP contribution in [0.25, 0.3) is 0 Å². The third-order valence-corrected chi connectivity index (χ3v) is 2.27. The van der Waals surface area contributed by atoms with Crippen molar-refractivity contribution in [1.29, 1.82) is 0 Å². The molecule has 0 aromatic heterocycles. The van der Waals surface area contributed by atoms with Gasteiger partial charge in [-0.25, -0.2) is 4.79 Å². The van der Waals surface area contributed by atoms with Crippen molar-refractivity contribution in [2.75, 3.05) is 7.11 Å². The number of nitro groups is 1. The summed E-state index contributed by atoms with van der Waals surface area (Å²) in [6.07, 6.45) is -0.455. The van der Waals surface area contributed by atoms with Crippen LogP contribution in [0.5, 0.6) is 0 Å². The minimum absolute atomic E-state index is 0.112. The topological polar surface area (TPSA) is 89.7 Å². The summed E-state index contributed by atoms with van der Waals surface area (Å²) < 4.78 is 4.98. The second-order valence-electron chi connectivity index (χ2n) is 3.21. The van der Waals surface area contributed by atoms with Gasteiger partial charge in [-0.1, -0.05) is 0 Å². The number of hydrogen-bond donors (Lipinski definition) is 1. The molecule has 0 heterocycles. The van der Waals surface area contributed by atoms with E-state index >= 15 is 0 Å². The number of hydrogen-bond acceptors (Lipinski definition) is 4. The molecule has 0 unspecified atom stereocenters. The molecule has 1 aromatic carbocycles. The number of benzene rings is 1. The number of carboxylic acids is 1. The van der Waals surface area contributed by atoms with E-state index < -0.39 is 17.0 Å². The minimum Gasteiger partial charge on any atom is -0.478 e. The van der Waals surface area contributed by atoms with Gasteiger partial charge in [-0.2, -0.15) is 0 Å². The molecule has 0 aliphatic heterocycles. The molecule has 0 aliphatic carbocycles. The van der Waals surface area contributed by atoms with Crippen LogP contribution in [0.2, 0.25) is 0 Å². The van der Waals surface area contributed by atoms with E-state index in [0.29, 0.717) is 5.56 Å². The van der Waals surface area contributed by atoms with Gasteiger partial charge in [0.2, 0.25) is 0 Å². The van der Waals surface area contributed by atoms with E-state index in [1.54, 1.807) is 6.92 Å². The summed E-state index contributed by atoms with van der Waals surface area (Å²) in [5.41, 5.74) is 0.00510. The van der Waals surface area contributed by atoms with Gasteiger partial charge in [-0.05, 0) is 19.1 Å². The Morgan fingerprint density at radius 1 is 1.56 bits per heavy atom. The summed E-state index contributed by atoms with van der Waals surface area (Å²) in [5, 5.41) is 19.5. The largest absolute Gasteiger partial charge is 0.478 e. The van der Waals surface area contributed by atoms with E-state index in [1.165, 1.54) is 19.2 Å². The highest BCUT2D eigenvalue weighted by Gasteiger charge is 2.20. The highest BCUT2D eigenvalue weighted by Crippen LogP contribution is 2.27. The maximum Gasteiger partial charge on any atom is 0.335 e. The molecule has 0 amide bonds. The molecule has 6 nitrogen and oxygen atoms in total. The van der Waals surface area contributed by atoms with Crippen LogP contribution >= 0.6 is 0 Å². The first-order valence-corrected chi connectivity index (χ1v) is 4.51. The van der Waals surface area contributed by atoms with Gasteiger partial charge in [0.1, 0.15) is 0 Å². The van der Waals surface area contributed by atoms with Gasteiger partial charge in [0.05, 0.1) is 22.2 Å². The molecule has 1 N–H and O–H groups in total. The van der Waals surface area contributed by atoms with E-state index in [9.17, 15) is 14.9 Å². The van der Waals surface area contributed by atoms with Crippen molar-refractivity contribution >= 4 is 11.7 Å². The van der Waals surface area contributed by atoms with Crippen LogP contribution in [0, 0.1) is 10.1 Å². The van der Waals surface area contributed by atoms with Crippen LogP contribution in [0.1, 0.15) is 28.9 Å². The van der Waals surface area contributed by atoms with Crippen molar-refractivity contribution < 1.29 is 19.6 Å². The van der Waals surface area contributed by atoms with Crippen LogP contribution in [0.3, 0.4) is 0 Å². The second kappa shape index (κ2) is 4.71. The van der Waals surface area contributed by atoms with Crippen LogP contribution in [0.15, 0.2) is 18.2 Å². The van der Waals surface area contributed by atoms with Gasteiger partial charge in [-0.15, -0.1) is 0 Å². The molecule has 0 aliphatic rings. The second-order valence-corrected chi connectivity index (χ2v) is 3.21. The van der Waals surface area contributed by atoms with Crippen molar-refractivity contribution in [3.8, 4) is 0 Å². The van der Waals surface area contributed by atoms with E-state index in [1.807, 2.05) is 0 Å². The predicted molar refractivity (Wildman–Crippen MR) is 55.5 cm³/mol. The van der Waals surface area contributed by atoms with Crippen LogP contribution < -0.4 is 0 Å². The molecule has 0 fully saturated rings. The van der Waals surface area contributed by atoms with E-state index in [-0.39, 0.29) is 11.3 Å². The molecule has 0 radical (unpaired) electrons. The normalized spacial score (nSPS) is 12.1. The van der Waals surface area contributed by atoms with Crippen molar-refractivity contribution in [2.24, 2.45) is 0 Å². The number of nitrogens with zero attached hydrogens (tertiary/aromatic N) is 1. The number of nitro benzene ring substituents is 1. The molecule has 1 atom stereocenters. The summed E-state index contributed by atoms with van der Waals surface area (Å²) in [7, 11) is 1.43. The fourth-order valence-electron chi connectivity index (χ4n) is 1.31. The summed E-state index contributed by atoms with van der Waals surface area (Å²) in [6.45, 7) is 1.66. The molecule has 6 heteroatoms. The SMILES string of the molecule is CO[C@@H](C)c1ccc(C(=O)O)cc1[N+](=O)[O-]. The van der Waals surface area contributed by atoms with Crippen molar-refractivity contribution in [2.45, 2.75) is 13.0 Å². The smallest absolute Gasteiger partial charge is 0.335 e. The molecular formula is C10H11NO5. The van der Waals surface area contributed by atoms with Gasteiger partial charge in [-0.3, -0.25) is 10.1 Å². The number of carbonyl (C=O) groups is 1. The number of carboxylic acid groups (broad SMARTS) is 1. The molecule has 0 saturated carbocycles. The van der Waals surface area contributed by atoms with Crippen molar-refractivity contribution in [1.82, 2.24) is 0 Å². The first-order chi connectivity index (χ1) is 7.47. The predicted octanol–water partition coefficient (Wildman–Crippen LogP) is 2.00. The average Bonchev–Trinajstić information content (AvgIpc) is 2.26. The first-order valence-electron chi connectivity index (χ1n) is 4.51. The molecule has 0 saturated heterocycles. The van der Waals surface area contributed by atoms with Gasteiger partial charge in [0.15, 0.2) is 0 Å². The van der Waals surface area contributed by atoms with Crippen molar-refractivity contribution in [3.05, 3.63) is 39.4 Å². The Kier molecular flexibility index (Phi) is 3.57. The third kappa shape index (κ3) is 2.34. The zero-order valence-corrected chi connectivity index (χ0v) is 8.84. The van der Waals surface area contributed by atoms with Crippen LogP contribution in [-0.4, -0.2) is 23.1 Å². The Morgan fingerprint density at radius 3 is 2.62 bits per heavy atom. The quantitative estimate of drug-likeness (QED) is 0.625. The lowest BCUT2D eigenvalue weighted by Crippen LogP contribution is -2.04. The number of aromatic carboxylic acids is 1. The lowest BCUT2D eigenvalue weighted by molar-refractivity contribution is -0.386. The van der Waals surface area contributed by atoms with Gasteiger partial charge >= 0.3 is 5.97 Å². The summed E-state index contributed by atoms with van der Waals surface area (Å²) in [6, 6.07) is 3.75. The summed E-state index contributed by atoms with van der Waals surface area (Å²) in [5.74, 6) is -1.19. The number of rotatable bonds is 4. The standard InChI is InChI=1S/C10H11NO5/c1-6(16-2)8-4-3-7(10(12)13)5-9(8)11(14)15/h3-6H,1-2H3,(H,12,13)/t6-/m0/s1. The fraction of sp³-hybridized carbons (Fsp3) is 0.300. The molecule has 1 aromatic rings. The highest BCUT2D eigenvalue weighted by molar-refractivity contribution is 5.88. The number of methoxy groups -OCH3 is 1. The van der Waals surface area contributed by atoms with E-state index in [2.05, 4.69) is 0 Å². The van der Waals surface area contributed by atoms with Crippen LogP contribution in [0.4, 0.5) is 5.69 Å². The molecular weight excluding hydrogens is 214 g/mol. The zero-order chi connectivity index (χ0) is 12.3.